The van der Waals surface area contributed by atoms with Crippen molar-refractivity contribution in [3.05, 3.63) is 60.7 Å². The molecular formula is C21H20N2O. The summed E-state index contributed by atoms with van der Waals surface area (Å²) in [5, 5.41) is 5.35. The largest absolute Gasteiger partial charge is 0.372 e. The molecule has 24 heavy (non-hydrogen) atoms. The third kappa shape index (κ3) is 2.33. The zero-order valence-corrected chi connectivity index (χ0v) is 14.0. The van der Waals surface area contributed by atoms with E-state index in [1.165, 1.54) is 16.8 Å². The number of rotatable bonds is 4. The number of nitrogens with zero attached hydrogens (tertiary/aromatic N) is 2. The molecule has 0 amide bonds. The molecule has 0 fully saturated rings. The average Bonchev–Trinajstić information content (AvgIpc) is 3.08. The normalized spacial score (nSPS) is 11.2. The van der Waals surface area contributed by atoms with Gasteiger partial charge in [0.15, 0.2) is 5.58 Å². The van der Waals surface area contributed by atoms with E-state index < -0.39 is 0 Å². The standard InChI is InChI=1S/C21H20N2O/c1-3-23(4-2)16-11-9-15(10-12-16)17-13-14-19-21(17)18-7-5-6-8-20(18)24-22-19/h5-14H,3-4H2,1-2H3. The molecule has 0 atom stereocenters. The predicted octanol–water partition coefficient (Wildman–Crippen LogP) is 5.45. The maximum Gasteiger partial charge on any atom is 0.165 e. The van der Waals surface area contributed by atoms with Crippen molar-refractivity contribution in [3.63, 3.8) is 0 Å². The van der Waals surface area contributed by atoms with Crippen LogP contribution < -0.4 is 4.90 Å². The van der Waals surface area contributed by atoms with Crippen molar-refractivity contribution in [3.8, 4) is 22.4 Å². The topological polar surface area (TPSA) is 29.3 Å². The smallest absolute Gasteiger partial charge is 0.165 e. The van der Waals surface area contributed by atoms with Crippen molar-refractivity contribution in [2.24, 2.45) is 0 Å². The second-order valence-corrected chi connectivity index (χ2v) is 5.91. The van der Waals surface area contributed by atoms with Gasteiger partial charge < -0.3 is 9.42 Å². The van der Waals surface area contributed by atoms with Gasteiger partial charge in [-0.05, 0) is 49.2 Å². The van der Waals surface area contributed by atoms with Crippen LogP contribution in [0.1, 0.15) is 13.8 Å². The zero-order chi connectivity index (χ0) is 16.5. The second kappa shape index (κ2) is 6.00. The zero-order valence-electron chi connectivity index (χ0n) is 14.0. The molecule has 0 saturated carbocycles. The van der Waals surface area contributed by atoms with E-state index in [2.05, 4.69) is 60.3 Å². The van der Waals surface area contributed by atoms with E-state index >= 15 is 0 Å². The Kier molecular flexibility index (Phi) is 3.69. The molecule has 1 aliphatic carbocycles. The Morgan fingerprint density at radius 1 is 0.875 bits per heavy atom. The monoisotopic (exact) mass is 316 g/mol. The van der Waals surface area contributed by atoms with Crippen LogP contribution in [-0.2, 0) is 0 Å². The molecule has 0 bridgehead atoms. The van der Waals surface area contributed by atoms with Crippen LogP contribution in [0.15, 0.2) is 65.2 Å². The van der Waals surface area contributed by atoms with Gasteiger partial charge in [-0.1, -0.05) is 41.6 Å². The summed E-state index contributed by atoms with van der Waals surface area (Å²) in [6.07, 6.45) is 0. The maximum absolute atomic E-state index is 5.50. The number of anilines is 1. The number of aromatic nitrogens is 1. The van der Waals surface area contributed by atoms with Crippen molar-refractivity contribution >= 4 is 16.7 Å². The van der Waals surface area contributed by atoms with Crippen molar-refractivity contribution in [1.82, 2.24) is 5.16 Å². The van der Waals surface area contributed by atoms with Crippen molar-refractivity contribution < 1.29 is 4.52 Å². The molecule has 0 N–H and O–H groups in total. The molecule has 1 aliphatic heterocycles. The van der Waals surface area contributed by atoms with E-state index in [0.717, 1.165) is 35.3 Å². The second-order valence-electron chi connectivity index (χ2n) is 5.91. The van der Waals surface area contributed by atoms with Crippen LogP contribution in [0.2, 0.25) is 0 Å². The highest BCUT2D eigenvalue weighted by Crippen LogP contribution is 2.39. The van der Waals surface area contributed by atoms with Crippen LogP contribution in [0, 0.1) is 0 Å². The van der Waals surface area contributed by atoms with E-state index in [4.69, 9.17) is 4.52 Å². The molecule has 0 spiro atoms. The summed E-state index contributed by atoms with van der Waals surface area (Å²) in [6, 6.07) is 21.0. The fraction of sp³-hybridized carbons (Fsp3) is 0.190. The molecule has 3 nitrogen and oxygen atoms in total. The molecule has 0 unspecified atom stereocenters. The van der Waals surface area contributed by atoms with Crippen LogP contribution in [0.3, 0.4) is 0 Å². The Labute approximate surface area is 141 Å². The number of para-hydroxylation sites is 1. The van der Waals surface area contributed by atoms with E-state index in [1.807, 2.05) is 24.3 Å². The van der Waals surface area contributed by atoms with Crippen LogP contribution in [-0.4, -0.2) is 18.2 Å². The molecule has 0 aromatic heterocycles. The average molecular weight is 316 g/mol. The first-order chi connectivity index (χ1) is 11.8. The van der Waals surface area contributed by atoms with Crippen LogP contribution in [0.25, 0.3) is 33.4 Å². The summed E-state index contributed by atoms with van der Waals surface area (Å²) in [4.78, 5) is 2.35. The molecule has 120 valence electrons. The van der Waals surface area contributed by atoms with E-state index in [-0.39, 0.29) is 0 Å². The SMILES string of the molecule is CCN(CC)c1ccc(-c2ccc3noc4ccccc4c2-3)cc1. The summed E-state index contributed by atoms with van der Waals surface area (Å²) >= 11 is 0. The first kappa shape index (κ1) is 14.8. The highest BCUT2D eigenvalue weighted by molar-refractivity contribution is 6.01. The summed E-state index contributed by atoms with van der Waals surface area (Å²) in [6.45, 7) is 6.41. The Morgan fingerprint density at radius 3 is 2.38 bits per heavy atom. The van der Waals surface area contributed by atoms with Crippen LogP contribution in [0.4, 0.5) is 5.69 Å². The van der Waals surface area contributed by atoms with Gasteiger partial charge in [-0.2, -0.15) is 0 Å². The van der Waals surface area contributed by atoms with Gasteiger partial charge >= 0.3 is 0 Å². The molecule has 0 saturated heterocycles. The summed E-state index contributed by atoms with van der Waals surface area (Å²) < 4.78 is 5.50. The van der Waals surface area contributed by atoms with Gasteiger partial charge in [0.25, 0.3) is 0 Å². The minimum absolute atomic E-state index is 0.817. The Bertz CT molecular complexity index is 936. The van der Waals surface area contributed by atoms with Crippen molar-refractivity contribution in [1.29, 1.82) is 0 Å². The Hall–Kier alpha value is -2.81. The quantitative estimate of drug-likeness (QED) is 0.501. The molecular weight excluding hydrogens is 296 g/mol. The third-order valence-electron chi connectivity index (χ3n) is 4.64. The minimum atomic E-state index is 0.817. The fourth-order valence-corrected chi connectivity index (χ4v) is 3.36. The maximum atomic E-state index is 5.50. The molecule has 2 aromatic rings. The number of hydrogen-bond donors (Lipinski definition) is 0. The van der Waals surface area contributed by atoms with E-state index in [9.17, 15) is 0 Å². The van der Waals surface area contributed by atoms with Crippen LogP contribution >= 0.6 is 0 Å². The minimum Gasteiger partial charge on any atom is -0.372 e. The van der Waals surface area contributed by atoms with E-state index in [0.29, 0.717) is 0 Å². The van der Waals surface area contributed by atoms with Gasteiger partial charge in [-0.15, -0.1) is 0 Å². The predicted molar refractivity (Wildman–Crippen MR) is 99.6 cm³/mol. The Balaban J connectivity index is 1.84. The molecule has 4 rings (SSSR count). The Morgan fingerprint density at radius 2 is 1.62 bits per heavy atom. The first-order valence-electron chi connectivity index (χ1n) is 8.44. The van der Waals surface area contributed by atoms with Crippen molar-refractivity contribution in [2.45, 2.75) is 13.8 Å². The number of fused-ring (bicyclic) bond motifs is 3. The summed E-state index contributed by atoms with van der Waals surface area (Å²) in [7, 11) is 0. The van der Waals surface area contributed by atoms with Crippen LogP contribution in [0.5, 0.6) is 0 Å². The van der Waals surface area contributed by atoms with Gasteiger partial charge in [-0.25, -0.2) is 0 Å². The fourth-order valence-electron chi connectivity index (χ4n) is 3.36. The lowest BCUT2D eigenvalue weighted by atomic mass is 10.00. The summed E-state index contributed by atoms with van der Waals surface area (Å²) in [5.74, 6) is 0. The van der Waals surface area contributed by atoms with Gasteiger partial charge in [0.1, 0.15) is 5.69 Å². The molecule has 0 radical (unpaired) electrons. The first-order valence-corrected chi connectivity index (χ1v) is 8.44. The van der Waals surface area contributed by atoms with Gasteiger partial charge in [0.2, 0.25) is 0 Å². The highest BCUT2D eigenvalue weighted by atomic mass is 16.5. The lowest BCUT2D eigenvalue weighted by molar-refractivity contribution is 0.446. The number of hydrogen-bond acceptors (Lipinski definition) is 3. The molecule has 1 heterocycles. The van der Waals surface area contributed by atoms with Crippen molar-refractivity contribution in [2.75, 3.05) is 18.0 Å². The molecule has 2 aromatic carbocycles. The van der Waals surface area contributed by atoms with Gasteiger partial charge in [-0.3, -0.25) is 0 Å². The van der Waals surface area contributed by atoms with Gasteiger partial charge in [0.05, 0.1) is 0 Å². The lowest BCUT2D eigenvalue weighted by Gasteiger charge is -2.21. The van der Waals surface area contributed by atoms with E-state index in [1.54, 1.807) is 0 Å². The third-order valence-corrected chi connectivity index (χ3v) is 4.64. The highest BCUT2D eigenvalue weighted by Gasteiger charge is 2.17. The number of benzene rings is 2. The molecule has 2 aliphatic rings. The van der Waals surface area contributed by atoms with Gasteiger partial charge in [0, 0.05) is 29.7 Å². The lowest BCUT2D eigenvalue weighted by Crippen LogP contribution is -2.21. The summed E-state index contributed by atoms with van der Waals surface area (Å²) in [5.41, 5.74) is 6.55. The molecule has 3 heteroatoms.